The van der Waals surface area contributed by atoms with Crippen LogP contribution in [0.15, 0.2) is 18.2 Å². The first-order chi connectivity index (χ1) is 10.1. The lowest BCUT2D eigenvalue weighted by Crippen LogP contribution is -2.26. The summed E-state index contributed by atoms with van der Waals surface area (Å²) in [5, 5.41) is 3.51. The summed E-state index contributed by atoms with van der Waals surface area (Å²) in [6.45, 7) is 8.90. The molecule has 4 heteroatoms. The summed E-state index contributed by atoms with van der Waals surface area (Å²) < 4.78 is 16.7. The molecule has 0 radical (unpaired) electrons. The molecule has 1 aliphatic heterocycles. The Morgan fingerprint density at radius 1 is 1.33 bits per heavy atom. The van der Waals surface area contributed by atoms with Gasteiger partial charge in [-0.2, -0.15) is 0 Å². The quantitative estimate of drug-likeness (QED) is 0.839. The van der Waals surface area contributed by atoms with Gasteiger partial charge in [-0.3, -0.25) is 0 Å². The number of hydrogen-bond donors (Lipinski definition) is 1. The molecule has 1 heterocycles. The summed E-state index contributed by atoms with van der Waals surface area (Å²) in [7, 11) is 1.68. The molecule has 0 aliphatic carbocycles. The second-order valence-corrected chi connectivity index (χ2v) is 5.91. The summed E-state index contributed by atoms with van der Waals surface area (Å²) in [6.07, 6.45) is 1.67. The van der Waals surface area contributed by atoms with Gasteiger partial charge in [0.15, 0.2) is 11.5 Å². The highest BCUT2D eigenvalue weighted by molar-refractivity contribution is 5.43. The van der Waals surface area contributed by atoms with Crippen LogP contribution in [-0.4, -0.2) is 32.5 Å². The summed E-state index contributed by atoms with van der Waals surface area (Å²) in [6, 6.07) is 6.11. The molecule has 21 heavy (non-hydrogen) atoms. The van der Waals surface area contributed by atoms with Crippen molar-refractivity contribution in [2.45, 2.75) is 45.9 Å². The lowest BCUT2D eigenvalue weighted by molar-refractivity contribution is 0.105. The third kappa shape index (κ3) is 4.61. The average molecular weight is 293 g/mol. The van der Waals surface area contributed by atoms with Crippen LogP contribution in [0.25, 0.3) is 0 Å². The molecule has 2 rings (SSSR count). The number of ether oxygens (including phenoxy) is 3. The largest absolute Gasteiger partial charge is 0.493 e. The van der Waals surface area contributed by atoms with Gasteiger partial charge in [0.25, 0.3) is 0 Å². The van der Waals surface area contributed by atoms with E-state index in [0.29, 0.717) is 12.0 Å². The minimum absolute atomic E-state index is 0.145. The van der Waals surface area contributed by atoms with E-state index in [1.165, 1.54) is 5.56 Å². The van der Waals surface area contributed by atoms with E-state index in [1.807, 2.05) is 26.0 Å². The smallest absolute Gasteiger partial charge is 0.161 e. The standard InChI is InChI=1S/C17H27NO3/c1-12(2)21-16-6-5-14(9-17(16)19-4)10-18-11-15-7-8-20-13(15)3/h5-6,9,12-13,15,18H,7-8,10-11H2,1-4H3. The Morgan fingerprint density at radius 2 is 2.14 bits per heavy atom. The Kier molecular flexibility index (Phi) is 5.88. The number of rotatable bonds is 7. The predicted octanol–water partition coefficient (Wildman–Crippen LogP) is 3.00. The highest BCUT2D eigenvalue weighted by Crippen LogP contribution is 2.29. The van der Waals surface area contributed by atoms with Crippen LogP contribution in [0, 0.1) is 5.92 Å². The molecule has 1 fully saturated rings. The van der Waals surface area contributed by atoms with Crippen molar-refractivity contribution < 1.29 is 14.2 Å². The van der Waals surface area contributed by atoms with Crippen LogP contribution in [0.2, 0.25) is 0 Å². The molecular weight excluding hydrogens is 266 g/mol. The fourth-order valence-corrected chi connectivity index (χ4v) is 2.62. The maximum absolute atomic E-state index is 5.73. The van der Waals surface area contributed by atoms with Crippen LogP contribution in [-0.2, 0) is 11.3 Å². The molecule has 2 unspecified atom stereocenters. The highest BCUT2D eigenvalue weighted by atomic mass is 16.5. The van der Waals surface area contributed by atoms with Crippen LogP contribution in [0.5, 0.6) is 11.5 Å². The van der Waals surface area contributed by atoms with Crippen LogP contribution >= 0.6 is 0 Å². The Bertz CT molecular complexity index is 448. The van der Waals surface area contributed by atoms with Gasteiger partial charge in [0.05, 0.1) is 19.3 Å². The zero-order valence-electron chi connectivity index (χ0n) is 13.5. The molecule has 1 N–H and O–H groups in total. The van der Waals surface area contributed by atoms with Crippen molar-refractivity contribution in [1.82, 2.24) is 5.32 Å². The third-order valence-electron chi connectivity index (χ3n) is 3.86. The molecule has 0 aromatic heterocycles. The van der Waals surface area contributed by atoms with Crippen molar-refractivity contribution in [3.05, 3.63) is 23.8 Å². The minimum atomic E-state index is 0.145. The molecule has 0 saturated carbocycles. The van der Waals surface area contributed by atoms with Crippen molar-refractivity contribution >= 4 is 0 Å². The van der Waals surface area contributed by atoms with E-state index in [1.54, 1.807) is 7.11 Å². The van der Waals surface area contributed by atoms with E-state index in [4.69, 9.17) is 14.2 Å². The number of hydrogen-bond acceptors (Lipinski definition) is 4. The lowest BCUT2D eigenvalue weighted by atomic mass is 10.0. The van der Waals surface area contributed by atoms with Crippen molar-refractivity contribution in [1.29, 1.82) is 0 Å². The first kappa shape index (κ1) is 16.1. The summed E-state index contributed by atoms with van der Waals surface area (Å²) in [4.78, 5) is 0. The molecule has 4 nitrogen and oxygen atoms in total. The molecular formula is C17H27NO3. The minimum Gasteiger partial charge on any atom is -0.493 e. The maximum Gasteiger partial charge on any atom is 0.161 e. The zero-order valence-corrected chi connectivity index (χ0v) is 13.5. The van der Waals surface area contributed by atoms with Gasteiger partial charge in [0, 0.05) is 19.7 Å². The fraction of sp³-hybridized carbons (Fsp3) is 0.647. The summed E-state index contributed by atoms with van der Waals surface area (Å²) in [5.74, 6) is 2.21. The molecule has 118 valence electrons. The van der Waals surface area contributed by atoms with Crippen LogP contribution in [0.4, 0.5) is 0 Å². The molecule has 1 aromatic carbocycles. The number of benzene rings is 1. The van der Waals surface area contributed by atoms with Gasteiger partial charge >= 0.3 is 0 Å². The molecule has 0 bridgehead atoms. The summed E-state index contributed by atoms with van der Waals surface area (Å²) >= 11 is 0. The SMILES string of the molecule is COc1cc(CNCC2CCOC2C)ccc1OC(C)C. The molecule has 1 aromatic rings. The monoisotopic (exact) mass is 293 g/mol. The first-order valence-electron chi connectivity index (χ1n) is 7.76. The van der Waals surface area contributed by atoms with Gasteiger partial charge < -0.3 is 19.5 Å². The second kappa shape index (κ2) is 7.66. The normalized spacial score (nSPS) is 21.8. The Balaban J connectivity index is 1.88. The molecule has 2 atom stereocenters. The Labute approximate surface area is 127 Å². The van der Waals surface area contributed by atoms with E-state index in [2.05, 4.69) is 18.3 Å². The van der Waals surface area contributed by atoms with E-state index in [-0.39, 0.29) is 6.10 Å². The van der Waals surface area contributed by atoms with E-state index < -0.39 is 0 Å². The lowest BCUT2D eigenvalue weighted by Gasteiger charge is -2.16. The van der Waals surface area contributed by atoms with Gasteiger partial charge in [0.1, 0.15) is 0 Å². The topological polar surface area (TPSA) is 39.7 Å². The highest BCUT2D eigenvalue weighted by Gasteiger charge is 2.23. The van der Waals surface area contributed by atoms with Gasteiger partial charge in [-0.05, 0) is 50.8 Å². The molecule has 0 spiro atoms. The Hall–Kier alpha value is -1.26. The maximum atomic E-state index is 5.73. The van der Waals surface area contributed by atoms with Gasteiger partial charge in [-0.15, -0.1) is 0 Å². The van der Waals surface area contributed by atoms with Gasteiger partial charge in [0.2, 0.25) is 0 Å². The Morgan fingerprint density at radius 3 is 2.76 bits per heavy atom. The average Bonchev–Trinajstić information content (AvgIpc) is 2.85. The van der Waals surface area contributed by atoms with Crippen molar-refractivity contribution in [3.8, 4) is 11.5 Å². The van der Waals surface area contributed by atoms with E-state index >= 15 is 0 Å². The van der Waals surface area contributed by atoms with Crippen LogP contribution < -0.4 is 14.8 Å². The van der Waals surface area contributed by atoms with Crippen molar-refractivity contribution in [3.63, 3.8) is 0 Å². The van der Waals surface area contributed by atoms with E-state index in [0.717, 1.165) is 37.6 Å². The van der Waals surface area contributed by atoms with Crippen LogP contribution in [0.3, 0.4) is 0 Å². The van der Waals surface area contributed by atoms with Crippen LogP contribution in [0.1, 0.15) is 32.8 Å². The molecule has 1 aliphatic rings. The first-order valence-corrected chi connectivity index (χ1v) is 7.76. The van der Waals surface area contributed by atoms with E-state index in [9.17, 15) is 0 Å². The molecule has 1 saturated heterocycles. The zero-order chi connectivity index (χ0) is 15.2. The predicted molar refractivity (Wildman–Crippen MR) is 84.0 cm³/mol. The van der Waals surface area contributed by atoms with Gasteiger partial charge in [-0.25, -0.2) is 0 Å². The number of nitrogens with one attached hydrogen (secondary N) is 1. The van der Waals surface area contributed by atoms with Gasteiger partial charge in [-0.1, -0.05) is 6.07 Å². The fourth-order valence-electron chi connectivity index (χ4n) is 2.62. The third-order valence-corrected chi connectivity index (χ3v) is 3.86. The second-order valence-electron chi connectivity index (χ2n) is 5.91. The van der Waals surface area contributed by atoms with Crippen molar-refractivity contribution in [2.75, 3.05) is 20.3 Å². The van der Waals surface area contributed by atoms with Crippen molar-refractivity contribution in [2.24, 2.45) is 5.92 Å². The number of methoxy groups -OCH3 is 1. The molecule has 0 amide bonds. The summed E-state index contributed by atoms with van der Waals surface area (Å²) in [5.41, 5.74) is 1.20.